The lowest BCUT2D eigenvalue weighted by atomic mass is 9.90. The quantitative estimate of drug-likeness (QED) is 0.415. The van der Waals surface area contributed by atoms with Crippen LogP contribution in [0.3, 0.4) is 0 Å². The van der Waals surface area contributed by atoms with Crippen LogP contribution >= 0.6 is 0 Å². The molecule has 1 aromatic rings. The van der Waals surface area contributed by atoms with Crippen LogP contribution < -0.4 is 0 Å². The van der Waals surface area contributed by atoms with Gasteiger partial charge in [-0.05, 0) is 30.4 Å². The highest BCUT2D eigenvalue weighted by molar-refractivity contribution is 6.00. The Morgan fingerprint density at radius 3 is 2.45 bits per heavy atom. The molecule has 2 nitrogen and oxygen atoms in total. The molecule has 0 radical (unpaired) electrons. The number of carbonyl (C=O) groups excluding carboxylic acids is 1. The predicted molar refractivity (Wildman–Crippen MR) is 85.4 cm³/mol. The summed E-state index contributed by atoms with van der Waals surface area (Å²) in [7, 11) is 0. The second-order valence-corrected chi connectivity index (χ2v) is 4.88. The molecule has 0 aliphatic carbocycles. The fraction of sp³-hybridized carbons (Fsp3) is 0.333. The highest BCUT2D eigenvalue weighted by Gasteiger charge is 2.15. The lowest BCUT2D eigenvalue weighted by molar-refractivity contribution is -0.115. The van der Waals surface area contributed by atoms with Crippen LogP contribution in [0.2, 0.25) is 0 Å². The van der Waals surface area contributed by atoms with Gasteiger partial charge in [0.1, 0.15) is 0 Å². The molecule has 1 rings (SSSR count). The van der Waals surface area contributed by atoms with Crippen LogP contribution in [0.4, 0.5) is 0 Å². The number of nitrogens with one attached hydrogen (secondary N) is 1. The maximum absolute atomic E-state index is 12.2. The molecule has 1 atom stereocenters. The Bertz CT molecular complexity index is 499. The molecule has 0 amide bonds. The van der Waals surface area contributed by atoms with Crippen molar-refractivity contribution in [1.29, 1.82) is 5.41 Å². The van der Waals surface area contributed by atoms with Crippen LogP contribution in [0.15, 0.2) is 54.6 Å². The van der Waals surface area contributed by atoms with Crippen molar-refractivity contribution in [3.8, 4) is 0 Å². The highest BCUT2D eigenvalue weighted by Crippen LogP contribution is 2.24. The zero-order valence-electron chi connectivity index (χ0n) is 12.4. The molecule has 0 saturated carbocycles. The van der Waals surface area contributed by atoms with Gasteiger partial charge in [-0.3, -0.25) is 4.79 Å². The molecule has 0 aliphatic heterocycles. The summed E-state index contributed by atoms with van der Waals surface area (Å²) in [5.41, 5.74) is 2.19. The van der Waals surface area contributed by atoms with Crippen molar-refractivity contribution in [1.82, 2.24) is 0 Å². The van der Waals surface area contributed by atoms with E-state index in [1.165, 1.54) is 5.56 Å². The fourth-order valence-corrected chi connectivity index (χ4v) is 1.99. The van der Waals surface area contributed by atoms with Gasteiger partial charge in [-0.25, -0.2) is 0 Å². The van der Waals surface area contributed by atoms with Crippen molar-refractivity contribution in [2.24, 2.45) is 0 Å². The second-order valence-electron chi connectivity index (χ2n) is 4.88. The SMILES string of the molecule is C=C(/C=C\C(=N)CC)C(=O)CC(CC)c1ccccc1. The van der Waals surface area contributed by atoms with Gasteiger partial charge in [0.25, 0.3) is 0 Å². The van der Waals surface area contributed by atoms with Crippen molar-refractivity contribution in [3.05, 3.63) is 60.2 Å². The van der Waals surface area contributed by atoms with E-state index in [-0.39, 0.29) is 11.7 Å². The van der Waals surface area contributed by atoms with Crippen LogP contribution in [0, 0.1) is 5.41 Å². The van der Waals surface area contributed by atoms with Crippen molar-refractivity contribution >= 4 is 11.5 Å². The molecule has 1 N–H and O–H groups in total. The molecule has 0 aliphatic rings. The third kappa shape index (κ3) is 4.96. The zero-order valence-corrected chi connectivity index (χ0v) is 12.4. The lowest BCUT2D eigenvalue weighted by Crippen LogP contribution is -2.07. The molecule has 1 aromatic carbocycles. The molecule has 1 unspecified atom stereocenters. The number of hydrogen-bond acceptors (Lipinski definition) is 2. The van der Waals surface area contributed by atoms with Crippen molar-refractivity contribution in [3.63, 3.8) is 0 Å². The Hall–Kier alpha value is -1.96. The van der Waals surface area contributed by atoms with Crippen LogP contribution in [0.1, 0.15) is 44.6 Å². The maximum Gasteiger partial charge on any atom is 0.162 e. The number of allylic oxidation sites excluding steroid dienone is 3. The van der Waals surface area contributed by atoms with Crippen molar-refractivity contribution in [2.45, 2.75) is 39.0 Å². The topological polar surface area (TPSA) is 40.9 Å². The summed E-state index contributed by atoms with van der Waals surface area (Å²) >= 11 is 0. The van der Waals surface area contributed by atoms with Gasteiger partial charge in [0.05, 0.1) is 0 Å². The summed E-state index contributed by atoms with van der Waals surface area (Å²) < 4.78 is 0. The molecule has 0 spiro atoms. The Morgan fingerprint density at radius 1 is 1.25 bits per heavy atom. The van der Waals surface area contributed by atoms with Crippen LogP contribution in [-0.2, 0) is 4.79 Å². The van der Waals surface area contributed by atoms with Gasteiger partial charge in [-0.1, -0.05) is 56.8 Å². The summed E-state index contributed by atoms with van der Waals surface area (Å²) in [6, 6.07) is 10.1. The highest BCUT2D eigenvalue weighted by atomic mass is 16.1. The molecule has 106 valence electrons. The van der Waals surface area contributed by atoms with Gasteiger partial charge in [-0.15, -0.1) is 0 Å². The number of benzene rings is 1. The maximum atomic E-state index is 12.2. The lowest BCUT2D eigenvalue weighted by Gasteiger charge is -2.14. The minimum atomic E-state index is 0.0563. The summed E-state index contributed by atoms with van der Waals surface area (Å²) in [6.07, 6.45) is 5.38. The largest absolute Gasteiger partial charge is 0.305 e. The number of ketones is 1. The molecular weight excluding hydrogens is 246 g/mol. The first kappa shape index (κ1) is 16.1. The average Bonchev–Trinajstić information content (AvgIpc) is 2.50. The molecule has 0 heterocycles. The number of carbonyl (C=O) groups is 1. The van der Waals surface area contributed by atoms with Gasteiger partial charge < -0.3 is 5.41 Å². The van der Waals surface area contributed by atoms with E-state index in [0.29, 0.717) is 24.1 Å². The monoisotopic (exact) mass is 269 g/mol. The first-order chi connectivity index (χ1) is 9.58. The first-order valence-electron chi connectivity index (χ1n) is 7.11. The van der Waals surface area contributed by atoms with E-state index in [4.69, 9.17) is 5.41 Å². The number of hydrogen-bond donors (Lipinski definition) is 1. The van der Waals surface area contributed by atoms with Crippen LogP contribution in [-0.4, -0.2) is 11.5 Å². The molecule has 2 heteroatoms. The standard InChI is InChI=1S/C18H23NO/c1-4-15(16-9-7-6-8-10-16)13-18(20)14(3)11-12-17(19)5-2/h6-12,15,19H,3-5,13H2,1-2H3/b12-11-,19-17?. The van der Waals surface area contributed by atoms with Gasteiger partial charge in [-0.2, -0.15) is 0 Å². The van der Waals surface area contributed by atoms with E-state index in [1.54, 1.807) is 12.2 Å². The van der Waals surface area contributed by atoms with Crippen molar-refractivity contribution in [2.75, 3.05) is 0 Å². The van der Waals surface area contributed by atoms with Crippen LogP contribution in [0.25, 0.3) is 0 Å². The normalized spacial score (nSPS) is 12.3. The van der Waals surface area contributed by atoms with Gasteiger partial charge in [0.2, 0.25) is 0 Å². The Kier molecular flexibility index (Phi) is 6.65. The third-order valence-corrected chi connectivity index (χ3v) is 3.42. The molecule has 20 heavy (non-hydrogen) atoms. The van der Waals surface area contributed by atoms with E-state index >= 15 is 0 Å². The number of rotatable bonds is 8. The minimum absolute atomic E-state index is 0.0563. The minimum Gasteiger partial charge on any atom is -0.305 e. The molecule has 0 aromatic heterocycles. The Morgan fingerprint density at radius 2 is 1.90 bits per heavy atom. The van der Waals surface area contributed by atoms with Crippen molar-refractivity contribution < 1.29 is 4.79 Å². The predicted octanol–water partition coefficient (Wildman–Crippen LogP) is 4.68. The van der Waals surface area contributed by atoms with E-state index in [2.05, 4.69) is 25.6 Å². The average molecular weight is 269 g/mol. The first-order valence-corrected chi connectivity index (χ1v) is 7.11. The molecular formula is C18H23NO. The van der Waals surface area contributed by atoms with Gasteiger partial charge in [0.15, 0.2) is 5.78 Å². The van der Waals surface area contributed by atoms with Gasteiger partial charge >= 0.3 is 0 Å². The number of Topliss-reactive ketones (excluding diaryl/α,β-unsaturated/α-hetero) is 1. The smallest absolute Gasteiger partial charge is 0.162 e. The summed E-state index contributed by atoms with van der Waals surface area (Å²) in [4.78, 5) is 12.2. The summed E-state index contributed by atoms with van der Waals surface area (Å²) in [5.74, 6) is 0.292. The van der Waals surface area contributed by atoms with E-state index in [9.17, 15) is 4.79 Å². The summed E-state index contributed by atoms with van der Waals surface area (Å²) in [5, 5.41) is 7.54. The van der Waals surface area contributed by atoms with Gasteiger partial charge in [0, 0.05) is 17.7 Å². The van der Waals surface area contributed by atoms with E-state index in [0.717, 1.165) is 6.42 Å². The molecule has 0 saturated heterocycles. The zero-order chi connectivity index (χ0) is 15.0. The Labute approximate surface area is 121 Å². The van der Waals surface area contributed by atoms with E-state index < -0.39 is 0 Å². The molecule has 0 bridgehead atoms. The fourth-order valence-electron chi connectivity index (χ4n) is 1.99. The second kappa shape index (κ2) is 8.26. The molecule has 0 fully saturated rings. The van der Waals surface area contributed by atoms with Crippen LogP contribution in [0.5, 0.6) is 0 Å². The summed E-state index contributed by atoms with van der Waals surface area (Å²) in [6.45, 7) is 7.82. The Balaban J connectivity index is 2.66. The third-order valence-electron chi connectivity index (χ3n) is 3.42. The van der Waals surface area contributed by atoms with E-state index in [1.807, 2.05) is 25.1 Å².